The van der Waals surface area contributed by atoms with E-state index in [0.717, 1.165) is 16.2 Å². The van der Waals surface area contributed by atoms with Crippen LogP contribution in [0.1, 0.15) is 30.3 Å². The lowest BCUT2D eigenvalue weighted by Crippen LogP contribution is -2.52. The molecule has 0 saturated carbocycles. The van der Waals surface area contributed by atoms with Gasteiger partial charge < -0.3 is 4.74 Å². The summed E-state index contributed by atoms with van der Waals surface area (Å²) < 4.78 is 5.30. The highest BCUT2D eigenvalue weighted by molar-refractivity contribution is 7.14. The zero-order valence-electron chi connectivity index (χ0n) is 9.58. The molecule has 2 aliphatic rings. The molecule has 2 fully saturated rings. The highest BCUT2D eigenvalue weighted by atomic mass is 32.1. The van der Waals surface area contributed by atoms with Crippen molar-refractivity contribution >= 4 is 34.1 Å². The van der Waals surface area contributed by atoms with Crippen LogP contribution in [0.4, 0.5) is 5.13 Å². The van der Waals surface area contributed by atoms with E-state index in [2.05, 4.69) is 4.98 Å². The lowest BCUT2D eigenvalue weighted by atomic mass is 10.2. The summed E-state index contributed by atoms with van der Waals surface area (Å²) in [6.45, 7) is 1.39. The molecule has 2 bridgehead atoms. The predicted octanol–water partition coefficient (Wildman–Crippen LogP) is 0.766. The van der Waals surface area contributed by atoms with E-state index in [9.17, 15) is 14.4 Å². The van der Waals surface area contributed by atoms with Gasteiger partial charge >= 0.3 is 0 Å². The zero-order valence-corrected chi connectivity index (χ0v) is 10.4. The summed E-state index contributed by atoms with van der Waals surface area (Å²) in [7, 11) is 0. The fourth-order valence-corrected chi connectivity index (χ4v) is 2.99. The Morgan fingerprint density at radius 1 is 1.39 bits per heavy atom. The Labute approximate surface area is 107 Å². The van der Waals surface area contributed by atoms with Crippen LogP contribution in [0.2, 0.25) is 0 Å². The molecule has 0 N–H and O–H groups in total. The highest BCUT2D eigenvalue weighted by Crippen LogP contribution is 2.33. The maximum absolute atomic E-state index is 12.0. The molecular formula is C11H10N2O4S. The van der Waals surface area contributed by atoms with Crippen LogP contribution >= 0.6 is 11.3 Å². The Morgan fingerprint density at radius 3 is 2.50 bits per heavy atom. The standard InChI is InChI=1S/C11H10N2O4S/c1-5(14)6-4-18-11(12-6)13-9(15)7-2-3-8(17-7)10(13)16/h4,7-8H,2-3H2,1H3. The molecule has 2 saturated heterocycles. The normalized spacial score (nSPS) is 26.8. The van der Waals surface area contributed by atoms with Crippen LogP contribution in [0.5, 0.6) is 0 Å². The minimum atomic E-state index is -0.544. The number of hydrogen-bond donors (Lipinski definition) is 0. The van der Waals surface area contributed by atoms with Crippen LogP contribution in [0.15, 0.2) is 5.38 Å². The molecule has 3 rings (SSSR count). The number of rotatable bonds is 2. The number of aromatic nitrogens is 1. The third kappa shape index (κ3) is 1.58. The third-order valence-corrected chi connectivity index (χ3v) is 3.88. The van der Waals surface area contributed by atoms with E-state index in [1.165, 1.54) is 6.92 Å². The van der Waals surface area contributed by atoms with Gasteiger partial charge in [0.05, 0.1) is 0 Å². The van der Waals surface area contributed by atoms with Crippen molar-refractivity contribution in [3.8, 4) is 0 Å². The monoisotopic (exact) mass is 266 g/mol. The first kappa shape index (κ1) is 11.5. The number of ketones is 1. The maximum Gasteiger partial charge on any atom is 0.264 e. The number of hydrogen-bond acceptors (Lipinski definition) is 6. The number of carbonyl (C=O) groups excluding carboxylic acids is 3. The summed E-state index contributed by atoms with van der Waals surface area (Å²) in [4.78, 5) is 40.3. The van der Waals surface area contributed by atoms with Gasteiger partial charge in [0.15, 0.2) is 10.9 Å². The molecule has 0 radical (unpaired) electrons. The topological polar surface area (TPSA) is 76.6 Å². The lowest BCUT2D eigenvalue weighted by Gasteiger charge is -2.27. The number of thiazole rings is 1. The van der Waals surface area contributed by atoms with E-state index < -0.39 is 12.2 Å². The second-order valence-corrected chi connectivity index (χ2v) is 5.11. The molecule has 7 heteroatoms. The van der Waals surface area contributed by atoms with Crippen molar-refractivity contribution in [2.45, 2.75) is 32.0 Å². The second-order valence-electron chi connectivity index (χ2n) is 4.27. The fourth-order valence-electron chi connectivity index (χ4n) is 2.11. The van der Waals surface area contributed by atoms with Gasteiger partial charge in [0.1, 0.15) is 17.9 Å². The second kappa shape index (κ2) is 3.96. The van der Waals surface area contributed by atoms with E-state index in [1.807, 2.05) is 0 Å². The van der Waals surface area contributed by atoms with Crippen molar-refractivity contribution in [3.63, 3.8) is 0 Å². The molecule has 1 aromatic rings. The number of Topliss-reactive ketones (excluding diaryl/α,β-unsaturated/α-hetero) is 1. The van der Waals surface area contributed by atoms with Gasteiger partial charge in [0, 0.05) is 12.3 Å². The van der Waals surface area contributed by atoms with Gasteiger partial charge in [-0.25, -0.2) is 9.88 Å². The summed E-state index contributed by atoms with van der Waals surface area (Å²) in [5.41, 5.74) is 0.273. The number of morpholine rings is 1. The Bertz CT molecular complexity index is 531. The maximum atomic E-state index is 12.0. The van der Waals surface area contributed by atoms with E-state index >= 15 is 0 Å². The first-order chi connectivity index (χ1) is 8.58. The SMILES string of the molecule is CC(=O)c1csc(N2C(=O)C3CCC(O3)C2=O)n1. The van der Waals surface area contributed by atoms with Gasteiger partial charge in [-0.15, -0.1) is 11.3 Å². The molecule has 0 aromatic carbocycles. The highest BCUT2D eigenvalue weighted by Gasteiger charge is 2.48. The number of anilines is 1. The van der Waals surface area contributed by atoms with Crippen molar-refractivity contribution in [1.29, 1.82) is 0 Å². The minimum absolute atomic E-state index is 0.186. The van der Waals surface area contributed by atoms with Crippen molar-refractivity contribution in [2.24, 2.45) is 0 Å². The average molecular weight is 266 g/mol. The molecule has 1 aromatic heterocycles. The van der Waals surface area contributed by atoms with Crippen LogP contribution < -0.4 is 4.90 Å². The molecule has 94 valence electrons. The van der Waals surface area contributed by atoms with E-state index in [1.54, 1.807) is 5.38 Å². The van der Waals surface area contributed by atoms with Crippen molar-refractivity contribution in [1.82, 2.24) is 4.98 Å². The molecular weight excluding hydrogens is 256 g/mol. The van der Waals surface area contributed by atoms with Crippen molar-refractivity contribution < 1.29 is 19.1 Å². The quantitative estimate of drug-likeness (QED) is 0.583. The Morgan fingerprint density at radius 2 is 2.00 bits per heavy atom. The van der Waals surface area contributed by atoms with Gasteiger partial charge in [-0.3, -0.25) is 14.4 Å². The first-order valence-corrected chi connectivity index (χ1v) is 6.45. The van der Waals surface area contributed by atoms with Gasteiger partial charge in [-0.1, -0.05) is 0 Å². The zero-order chi connectivity index (χ0) is 12.9. The largest absolute Gasteiger partial charge is 0.355 e. The Hall–Kier alpha value is -1.60. The number of carbonyl (C=O) groups is 3. The summed E-state index contributed by atoms with van der Waals surface area (Å²) in [6, 6.07) is 0. The fraction of sp³-hybridized carbons (Fsp3) is 0.455. The lowest BCUT2D eigenvalue weighted by molar-refractivity contribution is -0.146. The summed E-state index contributed by atoms with van der Waals surface area (Å²) >= 11 is 1.12. The van der Waals surface area contributed by atoms with Gasteiger partial charge in [0.25, 0.3) is 11.8 Å². The summed E-state index contributed by atoms with van der Waals surface area (Å²) in [5.74, 6) is -0.940. The number of nitrogens with zero attached hydrogens (tertiary/aromatic N) is 2. The molecule has 2 unspecified atom stereocenters. The molecule has 3 heterocycles. The smallest absolute Gasteiger partial charge is 0.264 e. The van der Waals surface area contributed by atoms with Crippen molar-refractivity contribution in [2.75, 3.05) is 4.90 Å². The van der Waals surface area contributed by atoms with Gasteiger partial charge in [-0.05, 0) is 12.8 Å². The molecule has 18 heavy (non-hydrogen) atoms. The summed E-state index contributed by atoms with van der Waals surface area (Å²) in [5, 5.41) is 1.81. The van der Waals surface area contributed by atoms with Crippen LogP contribution in [-0.2, 0) is 14.3 Å². The minimum Gasteiger partial charge on any atom is -0.355 e. The summed E-state index contributed by atoms with van der Waals surface area (Å²) in [6.07, 6.45) is 0.0441. The van der Waals surface area contributed by atoms with Crippen molar-refractivity contribution in [3.05, 3.63) is 11.1 Å². The molecule has 0 aliphatic carbocycles. The molecule has 0 spiro atoms. The number of imide groups is 1. The molecule has 2 amide bonds. The first-order valence-electron chi connectivity index (χ1n) is 5.57. The van der Waals surface area contributed by atoms with Crippen LogP contribution in [0, 0.1) is 0 Å². The van der Waals surface area contributed by atoms with Gasteiger partial charge in [-0.2, -0.15) is 0 Å². The van der Waals surface area contributed by atoms with Crippen LogP contribution in [0.25, 0.3) is 0 Å². The average Bonchev–Trinajstić information content (AvgIpc) is 2.95. The van der Waals surface area contributed by atoms with E-state index in [4.69, 9.17) is 4.74 Å². The number of ether oxygens (including phenoxy) is 1. The van der Waals surface area contributed by atoms with E-state index in [0.29, 0.717) is 12.8 Å². The molecule has 2 aliphatic heterocycles. The van der Waals surface area contributed by atoms with Gasteiger partial charge in [0.2, 0.25) is 0 Å². The molecule has 6 nitrogen and oxygen atoms in total. The van der Waals surface area contributed by atoms with E-state index in [-0.39, 0.29) is 28.4 Å². The number of fused-ring (bicyclic) bond motifs is 2. The number of amides is 2. The third-order valence-electron chi connectivity index (χ3n) is 3.06. The predicted molar refractivity (Wildman–Crippen MR) is 62.5 cm³/mol. The Kier molecular flexibility index (Phi) is 2.53. The van der Waals surface area contributed by atoms with Crippen LogP contribution in [-0.4, -0.2) is 34.8 Å². The Balaban J connectivity index is 1.97. The van der Waals surface area contributed by atoms with Crippen LogP contribution in [0.3, 0.4) is 0 Å². The molecule has 2 atom stereocenters.